The molecule has 0 bridgehead atoms. The number of allylic oxidation sites excluding steroid dienone is 3. The second kappa shape index (κ2) is 4.87. The highest BCUT2D eigenvalue weighted by Gasteiger charge is 2.27. The predicted molar refractivity (Wildman–Crippen MR) is 68.7 cm³/mol. The maximum Gasteiger partial charge on any atom is 0.248 e. The Balaban J connectivity index is 2.47. The van der Waals surface area contributed by atoms with E-state index in [9.17, 15) is 9.59 Å². The molecule has 0 saturated heterocycles. The summed E-state index contributed by atoms with van der Waals surface area (Å²) in [4.78, 5) is 22.8. The van der Waals surface area contributed by atoms with Gasteiger partial charge in [0.25, 0.3) is 0 Å². The maximum atomic E-state index is 11.4. The highest BCUT2D eigenvalue weighted by molar-refractivity contribution is 5.95. The Morgan fingerprint density at radius 1 is 1.00 bits per heavy atom. The Hall–Kier alpha value is -2.36. The second-order valence-electron chi connectivity index (χ2n) is 4.18. The molecule has 4 nitrogen and oxygen atoms in total. The summed E-state index contributed by atoms with van der Waals surface area (Å²) in [6, 6.07) is 7.00. The van der Waals surface area contributed by atoms with Crippen LogP contribution in [0.25, 0.3) is 0 Å². The van der Waals surface area contributed by atoms with Crippen molar-refractivity contribution in [1.82, 2.24) is 0 Å². The third-order valence-corrected chi connectivity index (χ3v) is 3.05. The van der Waals surface area contributed by atoms with E-state index in [0.717, 1.165) is 5.56 Å². The average molecular weight is 242 g/mol. The van der Waals surface area contributed by atoms with Gasteiger partial charge in [-0.3, -0.25) is 9.59 Å². The van der Waals surface area contributed by atoms with Crippen LogP contribution in [0, 0.1) is 5.92 Å². The lowest BCUT2D eigenvalue weighted by molar-refractivity contribution is -0.120. The highest BCUT2D eigenvalue weighted by atomic mass is 16.1. The van der Waals surface area contributed by atoms with Gasteiger partial charge in [-0.05, 0) is 11.6 Å². The first-order valence-corrected chi connectivity index (χ1v) is 5.64. The van der Waals surface area contributed by atoms with Crippen LogP contribution in [-0.4, -0.2) is 11.8 Å². The van der Waals surface area contributed by atoms with Gasteiger partial charge in [0.1, 0.15) is 0 Å². The molecule has 2 rings (SSSR count). The number of carbonyl (C=O) groups excluding carboxylic acids is 2. The Morgan fingerprint density at radius 2 is 1.67 bits per heavy atom. The molecule has 0 radical (unpaired) electrons. The van der Waals surface area contributed by atoms with E-state index < -0.39 is 17.7 Å². The molecular formula is C14H14N2O2. The van der Waals surface area contributed by atoms with Crippen molar-refractivity contribution >= 4 is 11.8 Å². The average Bonchev–Trinajstić information content (AvgIpc) is 2.38. The number of hydrogen-bond acceptors (Lipinski definition) is 2. The van der Waals surface area contributed by atoms with Crippen LogP contribution in [-0.2, 0) is 4.79 Å². The van der Waals surface area contributed by atoms with Gasteiger partial charge in [-0.25, -0.2) is 0 Å². The number of hydrogen-bond donors (Lipinski definition) is 2. The van der Waals surface area contributed by atoms with Gasteiger partial charge in [-0.15, -0.1) is 0 Å². The van der Waals surface area contributed by atoms with Crippen LogP contribution in [0.1, 0.15) is 21.8 Å². The number of nitrogens with two attached hydrogens (primary N) is 2. The molecule has 0 spiro atoms. The van der Waals surface area contributed by atoms with Gasteiger partial charge in [0.05, 0.1) is 5.92 Å². The zero-order chi connectivity index (χ0) is 13.1. The molecule has 1 aromatic carbocycles. The van der Waals surface area contributed by atoms with Crippen molar-refractivity contribution in [3.8, 4) is 0 Å². The van der Waals surface area contributed by atoms with Gasteiger partial charge in [0.15, 0.2) is 0 Å². The Bertz CT molecular complexity index is 546. The lowest BCUT2D eigenvalue weighted by atomic mass is 9.80. The Morgan fingerprint density at radius 3 is 2.33 bits per heavy atom. The van der Waals surface area contributed by atoms with Crippen LogP contribution in [0.5, 0.6) is 0 Å². The third kappa shape index (κ3) is 2.18. The number of rotatable bonds is 3. The van der Waals surface area contributed by atoms with Gasteiger partial charge >= 0.3 is 0 Å². The van der Waals surface area contributed by atoms with Crippen molar-refractivity contribution in [2.24, 2.45) is 17.4 Å². The van der Waals surface area contributed by atoms with E-state index >= 15 is 0 Å². The largest absolute Gasteiger partial charge is 0.369 e. The number of amides is 2. The van der Waals surface area contributed by atoms with Crippen LogP contribution in [0.15, 0.2) is 48.6 Å². The van der Waals surface area contributed by atoms with Crippen LogP contribution >= 0.6 is 0 Å². The highest BCUT2D eigenvalue weighted by Crippen LogP contribution is 2.32. The first-order valence-electron chi connectivity index (χ1n) is 5.64. The van der Waals surface area contributed by atoms with Gasteiger partial charge in [0.2, 0.25) is 11.8 Å². The van der Waals surface area contributed by atoms with E-state index in [1.807, 2.05) is 18.2 Å². The van der Waals surface area contributed by atoms with E-state index in [0.29, 0.717) is 5.56 Å². The summed E-state index contributed by atoms with van der Waals surface area (Å²) in [5.41, 5.74) is 11.9. The van der Waals surface area contributed by atoms with Crippen LogP contribution < -0.4 is 11.5 Å². The first-order chi connectivity index (χ1) is 8.61. The van der Waals surface area contributed by atoms with Gasteiger partial charge < -0.3 is 11.5 Å². The molecule has 1 aliphatic rings. The molecule has 92 valence electrons. The van der Waals surface area contributed by atoms with Crippen molar-refractivity contribution in [3.63, 3.8) is 0 Å². The van der Waals surface area contributed by atoms with E-state index in [1.165, 1.54) is 0 Å². The second-order valence-corrected chi connectivity index (χ2v) is 4.18. The SMILES string of the molecule is NC(=O)c1ccccc1C1C=CC=CC1C(N)=O. The van der Waals surface area contributed by atoms with Gasteiger partial charge in [-0.2, -0.15) is 0 Å². The van der Waals surface area contributed by atoms with Crippen LogP contribution in [0.3, 0.4) is 0 Å². The van der Waals surface area contributed by atoms with Crippen LogP contribution in [0.2, 0.25) is 0 Å². The molecule has 0 fully saturated rings. The van der Waals surface area contributed by atoms with Gasteiger partial charge in [0, 0.05) is 11.5 Å². The fourth-order valence-corrected chi connectivity index (χ4v) is 2.19. The quantitative estimate of drug-likeness (QED) is 0.831. The summed E-state index contributed by atoms with van der Waals surface area (Å²) in [7, 11) is 0. The third-order valence-electron chi connectivity index (χ3n) is 3.05. The normalized spacial score (nSPS) is 21.8. The fourth-order valence-electron chi connectivity index (χ4n) is 2.19. The smallest absolute Gasteiger partial charge is 0.248 e. The molecule has 2 atom stereocenters. The van der Waals surface area contributed by atoms with E-state index in [-0.39, 0.29) is 5.92 Å². The first kappa shape index (κ1) is 12.1. The maximum absolute atomic E-state index is 11.4. The molecule has 4 heteroatoms. The molecule has 1 aliphatic carbocycles. The molecule has 2 unspecified atom stereocenters. The lowest BCUT2D eigenvalue weighted by Gasteiger charge is -2.23. The number of benzene rings is 1. The molecule has 0 aliphatic heterocycles. The van der Waals surface area contributed by atoms with Crippen molar-refractivity contribution in [3.05, 3.63) is 59.7 Å². The minimum absolute atomic E-state index is 0.240. The van der Waals surface area contributed by atoms with Crippen molar-refractivity contribution < 1.29 is 9.59 Å². The topological polar surface area (TPSA) is 86.2 Å². The Labute approximate surface area is 105 Å². The molecule has 4 N–H and O–H groups in total. The summed E-state index contributed by atoms with van der Waals surface area (Å²) < 4.78 is 0. The number of primary amides is 2. The summed E-state index contributed by atoms with van der Waals surface area (Å²) in [6.07, 6.45) is 7.21. The lowest BCUT2D eigenvalue weighted by Crippen LogP contribution is -2.29. The standard InChI is InChI=1S/C14H14N2O2/c15-13(17)11-7-3-1-5-9(11)10-6-2-4-8-12(10)14(16)18/h1-9,11H,(H2,15,17)(H2,16,18). The minimum atomic E-state index is -0.503. The zero-order valence-corrected chi connectivity index (χ0v) is 9.74. The predicted octanol–water partition coefficient (Wildman–Crippen LogP) is 1.10. The molecule has 18 heavy (non-hydrogen) atoms. The Kier molecular flexibility index (Phi) is 3.28. The van der Waals surface area contributed by atoms with E-state index in [2.05, 4.69) is 0 Å². The summed E-state index contributed by atoms with van der Waals surface area (Å²) in [5.74, 6) is -1.61. The molecule has 0 aromatic heterocycles. The summed E-state index contributed by atoms with van der Waals surface area (Å²) in [5, 5.41) is 0. The minimum Gasteiger partial charge on any atom is -0.369 e. The summed E-state index contributed by atoms with van der Waals surface area (Å²) >= 11 is 0. The van der Waals surface area contributed by atoms with E-state index in [4.69, 9.17) is 11.5 Å². The van der Waals surface area contributed by atoms with Gasteiger partial charge in [-0.1, -0.05) is 42.5 Å². The molecule has 1 aromatic rings. The van der Waals surface area contributed by atoms with Crippen molar-refractivity contribution in [1.29, 1.82) is 0 Å². The van der Waals surface area contributed by atoms with Crippen LogP contribution in [0.4, 0.5) is 0 Å². The number of carbonyl (C=O) groups is 2. The molecule has 0 saturated carbocycles. The summed E-state index contributed by atoms with van der Waals surface area (Å²) in [6.45, 7) is 0. The monoisotopic (exact) mass is 242 g/mol. The van der Waals surface area contributed by atoms with E-state index in [1.54, 1.807) is 30.4 Å². The van der Waals surface area contributed by atoms with Crippen molar-refractivity contribution in [2.45, 2.75) is 5.92 Å². The zero-order valence-electron chi connectivity index (χ0n) is 9.74. The molecular weight excluding hydrogens is 228 g/mol. The fraction of sp³-hybridized carbons (Fsp3) is 0.143. The molecule has 0 heterocycles. The van der Waals surface area contributed by atoms with Crippen molar-refractivity contribution in [2.75, 3.05) is 0 Å². The molecule has 2 amide bonds.